The molecule has 3 atom stereocenters. The van der Waals surface area contributed by atoms with Crippen molar-refractivity contribution in [3.63, 3.8) is 0 Å². The van der Waals surface area contributed by atoms with Crippen LogP contribution in [0.4, 0.5) is 0 Å². The molecular weight excluding hydrogens is 276 g/mol. The van der Waals surface area contributed by atoms with Gasteiger partial charge in [-0.2, -0.15) is 0 Å². The van der Waals surface area contributed by atoms with E-state index in [1.54, 1.807) is 0 Å². The van der Waals surface area contributed by atoms with E-state index in [0.29, 0.717) is 12.8 Å². The molecule has 0 bridgehead atoms. The molecule has 0 radical (unpaired) electrons. The first-order valence-corrected chi connectivity index (χ1v) is 7.21. The normalized spacial score (nSPS) is 26.3. The molecule has 7 nitrogen and oxygen atoms in total. The highest BCUT2D eigenvalue weighted by Crippen LogP contribution is 2.38. The van der Waals surface area contributed by atoms with Gasteiger partial charge in [0.05, 0.1) is 11.8 Å². The van der Waals surface area contributed by atoms with Crippen molar-refractivity contribution in [3.8, 4) is 0 Å². The Balaban J connectivity index is 2.03. The van der Waals surface area contributed by atoms with Gasteiger partial charge in [0.2, 0.25) is 11.8 Å². The third-order valence-electron chi connectivity index (χ3n) is 4.23. The molecule has 21 heavy (non-hydrogen) atoms. The first kappa shape index (κ1) is 15.5. The van der Waals surface area contributed by atoms with Gasteiger partial charge in [0.25, 0.3) is 5.91 Å². The van der Waals surface area contributed by atoms with E-state index in [1.807, 2.05) is 0 Å². The highest BCUT2D eigenvalue weighted by molar-refractivity contribution is 6.07. The van der Waals surface area contributed by atoms with Crippen molar-refractivity contribution < 1.29 is 23.9 Å². The lowest BCUT2D eigenvalue weighted by molar-refractivity contribution is -0.159. The smallest absolute Gasteiger partial charge is 0.329 e. The summed E-state index contributed by atoms with van der Waals surface area (Å²) in [5.74, 6) is -2.33. The fourth-order valence-electron chi connectivity index (χ4n) is 3.00. The molecule has 2 aliphatic rings. The van der Waals surface area contributed by atoms with Gasteiger partial charge in [-0.15, -0.1) is 0 Å². The number of rotatable bonds is 4. The number of fused-ring (bicyclic) bond motifs is 1. The molecule has 1 saturated carbocycles. The van der Waals surface area contributed by atoms with E-state index in [4.69, 9.17) is 4.74 Å². The number of ether oxygens (including phenoxy) is 1. The lowest BCUT2D eigenvalue weighted by Crippen LogP contribution is -2.45. The summed E-state index contributed by atoms with van der Waals surface area (Å²) in [4.78, 5) is 48.6. The van der Waals surface area contributed by atoms with Crippen LogP contribution < -0.4 is 5.32 Å². The monoisotopic (exact) mass is 296 g/mol. The molecule has 0 unspecified atom stereocenters. The van der Waals surface area contributed by atoms with E-state index in [1.165, 1.54) is 14.0 Å². The number of hydrogen-bond donors (Lipinski definition) is 1. The molecule has 0 aromatic carbocycles. The number of carbonyl (C=O) groups is 4. The van der Waals surface area contributed by atoms with Gasteiger partial charge in [-0.05, 0) is 19.8 Å². The zero-order valence-electron chi connectivity index (χ0n) is 12.3. The van der Waals surface area contributed by atoms with E-state index in [9.17, 15) is 19.2 Å². The summed E-state index contributed by atoms with van der Waals surface area (Å²) in [5, 5.41) is 2.32. The summed E-state index contributed by atoms with van der Waals surface area (Å²) in [6, 6.07) is -0.986. The topological polar surface area (TPSA) is 92.8 Å². The molecule has 1 heterocycles. The minimum atomic E-state index is -0.986. The second-order valence-electron chi connectivity index (χ2n) is 5.50. The van der Waals surface area contributed by atoms with Crippen molar-refractivity contribution in [2.45, 2.75) is 38.6 Å². The van der Waals surface area contributed by atoms with Crippen molar-refractivity contribution in [2.75, 3.05) is 13.7 Å². The van der Waals surface area contributed by atoms with Crippen LogP contribution in [0, 0.1) is 11.8 Å². The van der Waals surface area contributed by atoms with Gasteiger partial charge in [0.15, 0.2) is 6.61 Å². The first-order chi connectivity index (χ1) is 9.97. The average molecular weight is 296 g/mol. The molecule has 1 aliphatic heterocycles. The maximum Gasteiger partial charge on any atom is 0.329 e. The number of likely N-dealkylation sites (N-methyl/N-ethyl adjacent to an activating group) is 1. The average Bonchev–Trinajstić information content (AvgIpc) is 2.76. The molecule has 0 aromatic rings. The minimum Gasteiger partial charge on any atom is -0.454 e. The van der Waals surface area contributed by atoms with Crippen LogP contribution in [0.3, 0.4) is 0 Å². The van der Waals surface area contributed by atoms with Crippen LogP contribution in [0.5, 0.6) is 0 Å². The fourth-order valence-corrected chi connectivity index (χ4v) is 3.00. The molecule has 3 amide bonds. The maximum absolute atomic E-state index is 12.3. The van der Waals surface area contributed by atoms with E-state index in [-0.39, 0.29) is 23.7 Å². The molecule has 1 aliphatic carbocycles. The summed E-state index contributed by atoms with van der Waals surface area (Å²) in [6.07, 6.45) is 3.27. The van der Waals surface area contributed by atoms with Crippen molar-refractivity contribution in [1.82, 2.24) is 10.2 Å². The van der Waals surface area contributed by atoms with Crippen LogP contribution in [0.25, 0.3) is 0 Å². The zero-order chi connectivity index (χ0) is 15.6. The molecule has 2 fully saturated rings. The molecule has 116 valence electrons. The summed E-state index contributed by atoms with van der Waals surface area (Å²) < 4.78 is 4.82. The minimum absolute atomic E-state index is 0.283. The number of nitrogens with one attached hydrogen (secondary N) is 1. The molecule has 0 spiro atoms. The van der Waals surface area contributed by atoms with Gasteiger partial charge in [-0.1, -0.05) is 12.8 Å². The van der Waals surface area contributed by atoms with Gasteiger partial charge in [-0.25, -0.2) is 4.79 Å². The SMILES string of the molecule is CNC(=O)COC(=O)[C@H](C)N1C(=O)[C@H]2CCCC[C@H]2C1=O. The highest BCUT2D eigenvalue weighted by atomic mass is 16.5. The second kappa shape index (κ2) is 6.24. The van der Waals surface area contributed by atoms with E-state index in [2.05, 4.69) is 5.32 Å². The Hall–Kier alpha value is -1.92. The zero-order valence-corrected chi connectivity index (χ0v) is 12.3. The Labute approximate surface area is 123 Å². The lowest BCUT2D eigenvalue weighted by atomic mass is 9.81. The van der Waals surface area contributed by atoms with Crippen LogP contribution in [0.15, 0.2) is 0 Å². The van der Waals surface area contributed by atoms with E-state index >= 15 is 0 Å². The van der Waals surface area contributed by atoms with E-state index in [0.717, 1.165) is 17.7 Å². The maximum atomic E-state index is 12.3. The van der Waals surface area contributed by atoms with Crippen LogP contribution >= 0.6 is 0 Å². The second-order valence-corrected chi connectivity index (χ2v) is 5.50. The Morgan fingerprint density at radius 3 is 2.24 bits per heavy atom. The summed E-state index contributed by atoms with van der Waals surface area (Å²) >= 11 is 0. The van der Waals surface area contributed by atoms with Crippen LogP contribution in [-0.4, -0.2) is 48.3 Å². The Bertz CT molecular complexity index is 452. The molecule has 2 rings (SSSR count). The molecule has 1 N–H and O–H groups in total. The van der Waals surface area contributed by atoms with Crippen molar-refractivity contribution in [1.29, 1.82) is 0 Å². The number of likely N-dealkylation sites (tertiary alicyclic amines) is 1. The number of amides is 3. The van der Waals surface area contributed by atoms with Gasteiger partial charge < -0.3 is 10.1 Å². The standard InChI is InChI=1S/C14H20N2O5/c1-8(14(20)21-7-11(17)15-2)16-12(18)9-5-3-4-6-10(9)13(16)19/h8-10H,3-7H2,1-2H3,(H,15,17)/t8-,9-,10+/m0/s1. The van der Waals surface area contributed by atoms with Crippen molar-refractivity contribution in [3.05, 3.63) is 0 Å². The number of carbonyl (C=O) groups excluding carboxylic acids is 4. The Morgan fingerprint density at radius 1 is 1.24 bits per heavy atom. The number of hydrogen-bond acceptors (Lipinski definition) is 5. The highest BCUT2D eigenvalue weighted by Gasteiger charge is 2.51. The molecule has 1 saturated heterocycles. The van der Waals surface area contributed by atoms with Crippen LogP contribution in [0.2, 0.25) is 0 Å². The van der Waals surface area contributed by atoms with Gasteiger partial charge in [0, 0.05) is 7.05 Å². The Morgan fingerprint density at radius 2 is 1.76 bits per heavy atom. The number of imide groups is 1. The fraction of sp³-hybridized carbons (Fsp3) is 0.714. The van der Waals surface area contributed by atoms with Crippen LogP contribution in [-0.2, 0) is 23.9 Å². The predicted octanol–water partition coefficient (Wildman–Crippen LogP) is -0.161. The third kappa shape index (κ3) is 2.91. The van der Waals surface area contributed by atoms with E-state index < -0.39 is 24.5 Å². The summed E-state index contributed by atoms with van der Waals surface area (Å²) in [6.45, 7) is 1.04. The summed E-state index contributed by atoms with van der Waals surface area (Å²) in [5.41, 5.74) is 0. The van der Waals surface area contributed by atoms with Crippen molar-refractivity contribution >= 4 is 23.7 Å². The lowest BCUT2D eigenvalue weighted by Gasteiger charge is -2.21. The number of nitrogens with zero attached hydrogens (tertiary/aromatic N) is 1. The van der Waals surface area contributed by atoms with Crippen LogP contribution in [0.1, 0.15) is 32.6 Å². The third-order valence-corrected chi connectivity index (χ3v) is 4.23. The van der Waals surface area contributed by atoms with Gasteiger partial charge >= 0.3 is 5.97 Å². The van der Waals surface area contributed by atoms with Gasteiger partial charge in [-0.3, -0.25) is 19.3 Å². The predicted molar refractivity (Wildman–Crippen MR) is 71.8 cm³/mol. The largest absolute Gasteiger partial charge is 0.454 e. The van der Waals surface area contributed by atoms with Gasteiger partial charge in [0.1, 0.15) is 6.04 Å². The molecule has 0 aromatic heterocycles. The Kier molecular flexibility index (Phi) is 4.59. The summed E-state index contributed by atoms with van der Waals surface area (Å²) in [7, 11) is 1.43. The molecule has 7 heteroatoms. The van der Waals surface area contributed by atoms with Crippen molar-refractivity contribution in [2.24, 2.45) is 11.8 Å². The first-order valence-electron chi connectivity index (χ1n) is 7.21. The number of esters is 1. The quantitative estimate of drug-likeness (QED) is 0.575. The molecular formula is C14H20N2O5.